The highest BCUT2D eigenvalue weighted by Gasteiger charge is 2.36. The SMILES string of the molecule is Cn1cncc1-c1nnnn1C(CC(=O)O)C1CC1. The zero-order valence-electron chi connectivity index (χ0n) is 10.5. The Balaban J connectivity index is 1.98. The van der Waals surface area contributed by atoms with Crippen LogP contribution in [0.5, 0.6) is 0 Å². The summed E-state index contributed by atoms with van der Waals surface area (Å²) in [6.07, 6.45) is 5.44. The molecule has 8 heteroatoms. The molecule has 0 aliphatic heterocycles. The lowest BCUT2D eigenvalue weighted by Crippen LogP contribution is -2.18. The Labute approximate surface area is 109 Å². The summed E-state index contributed by atoms with van der Waals surface area (Å²) in [5, 5.41) is 20.7. The first-order valence-corrected chi connectivity index (χ1v) is 6.13. The van der Waals surface area contributed by atoms with E-state index in [1.54, 1.807) is 17.2 Å². The van der Waals surface area contributed by atoms with Gasteiger partial charge in [0.25, 0.3) is 0 Å². The van der Waals surface area contributed by atoms with Gasteiger partial charge in [-0.3, -0.25) is 4.79 Å². The molecule has 3 rings (SSSR count). The standard InChI is InChI=1S/C11H14N6O2/c1-16-6-12-5-9(16)11-13-14-15-17(11)8(4-10(18)19)7-2-3-7/h5-8H,2-4H2,1H3,(H,18,19). The number of aromatic nitrogens is 6. The Bertz CT molecular complexity index is 600. The smallest absolute Gasteiger partial charge is 0.305 e. The van der Waals surface area contributed by atoms with E-state index in [4.69, 9.17) is 5.11 Å². The number of carbonyl (C=O) groups is 1. The van der Waals surface area contributed by atoms with E-state index in [0.717, 1.165) is 18.5 Å². The molecule has 8 nitrogen and oxygen atoms in total. The lowest BCUT2D eigenvalue weighted by atomic mass is 10.1. The molecule has 2 aromatic heterocycles. The number of imidazole rings is 1. The van der Waals surface area contributed by atoms with Crippen molar-refractivity contribution in [1.29, 1.82) is 0 Å². The second-order valence-corrected chi connectivity index (χ2v) is 4.84. The maximum Gasteiger partial charge on any atom is 0.305 e. The topological polar surface area (TPSA) is 98.7 Å². The zero-order chi connectivity index (χ0) is 13.4. The Morgan fingerprint density at radius 2 is 2.37 bits per heavy atom. The van der Waals surface area contributed by atoms with Gasteiger partial charge in [0.2, 0.25) is 5.82 Å². The molecule has 1 aliphatic rings. The second kappa shape index (κ2) is 4.45. The predicted molar refractivity (Wildman–Crippen MR) is 64.0 cm³/mol. The summed E-state index contributed by atoms with van der Waals surface area (Å²) < 4.78 is 3.44. The van der Waals surface area contributed by atoms with Gasteiger partial charge in [0.05, 0.1) is 25.0 Å². The predicted octanol–water partition coefficient (Wildman–Crippen LogP) is 0.499. The first kappa shape index (κ1) is 11.8. The first-order valence-electron chi connectivity index (χ1n) is 6.13. The number of hydrogen-bond donors (Lipinski definition) is 1. The molecule has 1 saturated carbocycles. The summed E-state index contributed by atoms with van der Waals surface area (Å²) in [5.41, 5.74) is 0.779. The van der Waals surface area contributed by atoms with Crippen molar-refractivity contribution in [3.05, 3.63) is 12.5 Å². The number of carboxylic acid groups (broad SMARTS) is 1. The van der Waals surface area contributed by atoms with E-state index in [2.05, 4.69) is 20.5 Å². The van der Waals surface area contributed by atoms with Gasteiger partial charge < -0.3 is 9.67 Å². The van der Waals surface area contributed by atoms with Crippen LogP contribution in [0.15, 0.2) is 12.5 Å². The highest BCUT2D eigenvalue weighted by atomic mass is 16.4. The summed E-state index contributed by atoms with van der Waals surface area (Å²) in [6.45, 7) is 0. The molecular weight excluding hydrogens is 248 g/mol. The van der Waals surface area contributed by atoms with Crippen molar-refractivity contribution in [3.63, 3.8) is 0 Å². The highest BCUT2D eigenvalue weighted by molar-refractivity contribution is 5.67. The molecule has 0 aromatic carbocycles. The number of nitrogens with zero attached hydrogens (tertiary/aromatic N) is 6. The normalized spacial score (nSPS) is 16.5. The van der Waals surface area contributed by atoms with Gasteiger partial charge in [-0.1, -0.05) is 0 Å². The number of aryl methyl sites for hydroxylation is 1. The molecule has 0 amide bonds. The third-order valence-corrected chi connectivity index (χ3v) is 3.40. The minimum absolute atomic E-state index is 0.0422. The molecule has 0 bridgehead atoms. The number of tetrazole rings is 1. The molecule has 0 saturated heterocycles. The fourth-order valence-electron chi connectivity index (χ4n) is 2.27. The Hall–Kier alpha value is -2.25. The van der Waals surface area contributed by atoms with Crippen molar-refractivity contribution in [2.45, 2.75) is 25.3 Å². The zero-order valence-corrected chi connectivity index (χ0v) is 10.5. The average molecular weight is 262 g/mol. The van der Waals surface area contributed by atoms with Crippen molar-refractivity contribution in [2.75, 3.05) is 0 Å². The van der Waals surface area contributed by atoms with Crippen LogP contribution in [0, 0.1) is 5.92 Å². The molecule has 1 aliphatic carbocycles. The van der Waals surface area contributed by atoms with Crippen molar-refractivity contribution < 1.29 is 9.90 Å². The van der Waals surface area contributed by atoms with Crippen LogP contribution < -0.4 is 0 Å². The second-order valence-electron chi connectivity index (χ2n) is 4.84. The van der Waals surface area contributed by atoms with Crippen molar-refractivity contribution in [1.82, 2.24) is 29.8 Å². The molecule has 1 N–H and O–H groups in total. The molecule has 2 heterocycles. The van der Waals surface area contributed by atoms with Gasteiger partial charge >= 0.3 is 5.97 Å². The number of hydrogen-bond acceptors (Lipinski definition) is 5. The Morgan fingerprint density at radius 3 is 2.95 bits per heavy atom. The van der Waals surface area contributed by atoms with Gasteiger partial charge in [-0.25, -0.2) is 9.67 Å². The molecule has 2 aromatic rings. The minimum Gasteiger partial charge on any atom is -0.481 e. The van der Waals surface area contributed by atoms with Gasteiger partial charge in [0.15, 0.2) is 0 Å². The largest absolute Gasteiger partial charge is 0.481 e. The number of carboxylic acids is 1. The first-order chi connectivity index (χ1) is 9.16. The molecule has 0 spiro atoms. The van der Waals surface area contributed by atoms with Crippen LogP contribution in [-0.2, 0) is 11.8 Å². The van der Waals surface area contributed by atoms with Gasteiger partial charge in [-0.05, 0) is 29.2 Å². The maximum absolute atomic E-state index is 11.0. The lowest BCUT2D eigenvalue weighted by Gasteiger charge is -2.15. The van der Waals surface area contributed by atoms with E-state index in [0.29, 0.717) is 11.7 Å². The molecule has 19 heavy (non-hydrogen) atoms. The van der Waals surface area contributed by atoms with Gasteiger partial charge in [-0.15, -0.1) is 5.10 Å². The van der Waals surface area contributed by atoms with Crippen LogP contribution in [-0.4, -0.2) is 40.8 Å². The van der Waals surface area contributed by atoms with Crippen LogP contribution in [0.25, 0.3) is 11.5 Å². The van der Waals surface area contributed by atoms with Gasteiger partial charge in [0.1, 0.15) is 5.69 Å². The van der Waals surface area contributed by atoms with Crippen LogP contribution in [0.4, 0.5) is 0 Å². The minimum atomic E-state index is -0.830. The van der Waals surface area contributed by atoms with Crippen molar-refractivity contribution >= 4 is 5.97 Å². The molecule has 1 fully saturated rings. The molecule has 1 atom stereocenters. The van der Waals surface area contributed by atoms with Gasteiger partial charge in [-0.2, -0.15) is 0 Å². The molecule has 1 unspecified atom stereocenters. The number of rotatable bonds is 5. The lowest BCUT2D eigenvalue weighted by molar-refractivity contribution is -0.138. The summed E-state index contributed by atoms with van der Waals surface area (Å²) in [7, 11) is 1.85. The quantitative estimate of drug-likeness (QED) is 0.842. The van der Waals surface area contributed by atoms with Crippen LogP contribution in [0.2, 0.25) is 0 Å². The maximum atomic E-state index is 11.0. The van der Waals surface area contributed by atoms with E-state index < -0.39 is 5.97 Å². The third-order valence-electron chi connectivity index (χ3n) is 3.40. The highest BCUT2D eigenvalue weighted by Crippen LogP contribution is 2.42. The van der Waals surface area contributed by atoms with E-state index in [1.165, 1.54) is 0 Å². The monoisotopic (exact) mass is 262 g/mol. The fraction of sp³-hybridized carbons (Fsp3) is 0.545. The summed E-state index contributed by atoms with van der Waals surface area (Å²) in [6, 6.07) is -0.183. The third kappa shape index (κ3) is 2.20. The van der Waals surface area contributed by atoms with Gasteiger partial charge in [0, 0.05) is 7.05 Å². The van der Waals surface area contributed by atoms with Crippen molar-refractivity contribution in [2.24, 2.45) is 13.0 Å². The fourth-order valence-corrected chi connectivity index (χ4v) is 2.27. The van der Waals surface area contributed by atoms with E-state index >= 15 is 0 Å². The average Bonchev–Trinajstić information content (AvgIpc) is 2.94. The summed E-state index contributed by atoms with van der Waals surface area (Å²) >= 11 is 0. The molecule has 100 valence electrons. The summed E-state index contributed by atoms with van der Waals surface area (Å²) in [5.74, 6) is 0.0908. The number of aliphatic carboxylic acids is 1. The van der Waals surface area contributed by atoms with E-state index in [9.17, 15) is 4.79 Å². The molecular formula is C11H14N6O2. The van der Waals surface area contributed by atoms with Crippen LogP contribution in [0.3, 0.4) is 0 Å². The Kier molecular flexibility index (Phi) is 2.77. The summed E-state index contributed by atoms with van der Waals surface area (Å²) in [4.78, 5) is 15.0. The van der Waals surface area contributed by atoms with Crippen LogP contribution >= 0.6 is 0 Å². The molecule has 0 radical (unpaired) electrons. The van der Waals surface area contributed by atoms with Crippen LogP contribution in [0.1, 0.15) is 25.3 Å². The van der Waals surface area contributed by atoms with Crippen molar-refractivity contribution in [3.8, 4) is 11.5 Å². The Morgan fingerprint density at radius 1 is 1.58 bits per heavy atom. The van der Waals surface area contributed by atoms with E-state index in [-0.39, 0.29) is 12.5 Å². The van der Waals surface area contributed by atoms with E-state index in [1.807, 2.05) is 11.6 Å².